The van der Waals surface area contributed by atoms with Crippen molar-refractivity contribution in [3.63, 3.8) is 0 Å². The number of benzene rings is 1. The number of piperazine rings is 1. The number of hydrogen-bond donors (Lipinski definition) is 1. The molecule has 1 atom stereocenters. The van der Waals surface area contributed by atoms with Crippen molar-refractivity contribution in [1.29, 1.82) is 0 Å². The fraction of sp³-hybridized carbons (Fsp3) is 0.647. The third-order valence-corrected chi connectivity index (χ3v) is 4.33. The molecule has 0 amide bonds. The van der Waals surface area contributed by atoms with E-state index in [4.69, 9.17) is 11.6 Å². The Kier molecular flexibility index (Phi) is 5.29. The summed E-state index contributed by atoms with van der Waals surface area (Å²) < 4.78 is 13.3. The van der Waals surface area contributed by atoms with Crippen LogP contribution in [0.4, 0.5) is 4.39 Å². The van der Waals surface area contributed by atoms with Crippen molar-refractivity contribution in [2.45, 2.75) is 52.2 Å². The van der Waals surface area contributed by atoms with E-state index in [0.717, 1.165) is 31.6 Å². The molecule has 0 spiro atoms. The third-order valence-electron chi connectivity index (χ3n) is 4.04. The van der Waals surface area contributed by atoms with Crippen LogP contribution in [0.15, 0.2) is 18.2 Å². The highest BCUT2D eigenvalue weighted by Gasteiger charge is 2.32. The van der Waals surface area contributed by atoms with Gasteiger partial charge in [0.25, 0.3) is 0 Å². The van der Waals surface area contributed by atoms with Crippen LogP contribution in [0.1, 0.15) is 39.7 Å². The highest BCUT2D eigenvalue weighted by molar-refractivity contribution is 6.30. The van der Waals surface area contributed by atoms with Gasteiger partial charge in [-0.15, -0.1) is 0 Å². The molecule has 21 heavy (non-hydrogen) atoms. The van der Waals surface area contributed by atoms with Crippen molar-refractivity contribution in [3.8, 4) is 0 Å². The lowest BCUT2D eigenvalue weighted by Crippen LogP contribution is -2.61. The Labute approximate surface area is 132 Å². The molecule has 1 aliphatic heterocycles. The first kappa shape index (κ1) is 16.7. The number of halogens is 2. The van der Waals surface area contributed by atoms with Gasteiger partial charge in [-0.3, -0.25) is 4.90 Å². The molecule has 4 heteroatoms. The minimum atomic E-state index is -0.347. The molecule has 0 bridgehead atoms. The average molecular weight is 313 g/mol. The highest BCUT2D eigenvalue weighted by atomic mass is 35.5. The molecule has 1 saturated heterocycles. The summed E-state index contributed by atoms with van der Waals surface area (Å²) in [5, 5.41) is 3.83. The van der Waals surface area contributed by atoms with Crippen molar-refractivity contribution in [1.82, 2.24) is 10.2 Å². The lowest BCUT2D eigenvalue weighted by Gasteiger charge is -2.45. The van der Waals surface area contributed by atoms with Crippen LogP contribution in [0.3, 0.4) is 0 Å². The molecular weight excluding hydrogens is 287 g/mol. The Morgan fingerprint density at radius 2 is 2.14 bits per heavy atom. The van der Waals surface area contributed by atoms with Crippen LogP contribution in [0, 0.1) is 11.7 Å². The summed E-state index contributed by atoms with van der Waals surface area (Å²) in [6, 6.07) is 5.56. The second kappa shape index (κ2) is 6.64. The predicted molar refractivity (Wildman–Crippen MR) is 87.1 cm³/mol. The number of hydrogen-bond acceptors (Lipinski definition) is 2. The third kappa shape index (κ3) is 4.67. The van der Waals surface area contributed by atoms with Crippen molar-refractivity contribution in [3.05, 3.63) is 34.6 Å². The molecule has 1 unspecified atom stereocenters. The Bertz CT molecular complexity index is 488. The maximum Gasteiger partial charge on any atom is 0.141 e. The maximum absolute atomic E-state index is 13.3. The molecule has 0 aromatic heterocycles. The predicted octanol–water partition coefficient (Wildman–Crippen LogP) is 4.08. The van der Waals surface area contributed by atoms with Gasteiger partial charge >= 0.3 is 0 Å². The van der Waals surface area contributed by atoms with Gasteiger partial charge in [-0.2, -0.15) is 0 Å². The lowest BCUT2D eigenvalue weighted by atomic mass is 9.93. The van der Waals surface area contributed by atoms with Crippen molar-refractivity contribution in [2.75, 3.05) is 13.1 Å². The smallest absolute Gasteiger partial charge is 0.141 e. The van der Waals surface area contributed by atoms with E-state index in [1.807, 2.05) is 6.07 Å². The molecule has 1 heterocycles. The molecule has 2 rings (SSSR count). The van der Waals surface area contributed by atoms with E-state index in [0.29, 0.717) is 12.0 Å². The standard InChI is InChI=1S/C17H26ClFN2/c1-12(2)7-14-9-20-17(3,4)11-21(14)10-13-5-6-16(19)15(18)8-13/h5-6,8,12,14,20H,7,9-11H2,1-4H3. The quantitative estimate of drug-likeness (QED) is 0.901. The van der Waals surface area contributed by atoms with Gasteiger partial charge in [0, 0.05) is 31.2 Å². The summed E-state index contributed by atoms with van der Waals surface area (Å²) >= 11 is 5.90. The second-order valence-electron chi connectivity index (χ2n) is 7.20. The van der Waals surface area contributed by atoms with Gasteiger partial charge in [-0.1, -0.05) is 31.5 Å². The largest absolute Gasteiger partial charge is 0.309 e. The fourth-order valence-electron chi connectivity index (χ4n) is 3.05. The van der Waals surface area contributed by atoms with Crippen molar-refractivity contribution in [2.24, 2.45) is 5.92 Å². The Morgan fingerprint density at radius 1 is 1.43 bits per heavy atom. The van der Waals surface area contributed by atoms with E-state index in [-0.39, 0.29) is 16.4 Å². The SMILES string of the molecule is CC(C)CC1CNC(C)(C)CN1Cc1ccc(F)c(Cl)c1. The van der Waals surface area contributed by atoms with E-state index in [1.54, 1.807) is 6.07 Å². The van der Waals surface area contributed by atoms with Gasteiger partial charge < -0.3 is 5.32 Å². The van der Waals surface area contributed by atoms with Gasteiger partial charge in [0.05, 0.1) is 5.02 Å². The van der Waals surface area contributed by atoms with E-state index in [2.05, 4.69) is 37.9 Å². The first-order chi connectivity index (χ1) is 9.77. The molecule has 2 nitrogen and oxygen atoms in total. The van der Waals surface area contributed by atoms with Crippen LogP contribution >= 0.6 is 11.6 Å². The lowest BCUT2D eigenvalue weighted by molar-refractivity contribution is 0.0760. The van der Waals surface area contributed by atoms with Gasteiger partial charge in [-0.25, -0.2) is 4.39 Å². The zero-order valence-electron chi connectivity index (χ0n) is 13.4. The number of nitrogens with one attached hydrogen (secondary N) is 1. The van der Waals surface area contributed by atoms with Gasteiger partial charge in [0.2, 0.25) is 0 Å². The Morgan fingerprint density at radius 3 is 2.76 bits per heavy atom. The summed E-state index contributed by atoms with van der Waals surface area (Å²) in [5.41, 5.74) is 1.19. The van der Waals surface area contributed by atoms with Gasteiger partial charge in [-0.05, 0) is 43.9 Å². The van der Waals surface area contributed by atoms with Crippen LogP contribution in [-0.4, -0.2) is 29.6 Å². The van der Waals surface area contributed by atoms with Crippen LogP contribution in [-0.2, 0) is 6.54 Å². The number of nitrogens with zero attached hydrogens (tertiary/aromatic N) is 1. The van der Waals surface area contributed by atoms with Crippen LogP contribution in [0.5, 0.6) is 0 Å². The summed E-state index contributed by atoms with van der Waals surface area (Å²) in [4.78, 5) is 2.50. The maximum atomic E-state index is 13.3. The molecule has 118 valence electrons. The Balaban J connectivity index is 2.13. The fourth-order valence-corrected chi connectivity index (χ4v) is 3.25. The summed E-state index contributed by atoms with van der Waals surface area (Å²) in [6.07, 6.45) is 1.16. The normalized spacial score (nSPS) is 22.7. The van der Waals surface area contributed by atoms with Crippen molar-refractivity contribution < 1.29 is 4.39 Å². The van der Waals surface area contributed by atoms with E-state index < -0.39 is 0 Å². The van der Waals surface area contributed by atoms with E-state index in [9.17, 15) is 4.39 Å². The monoisotopic (exact) mass is 312 g/mol. The first-order valence-corrected chi connectivity index (χ1v) is 8.07. The minimum absolute atomic E-state index is 0.108. The van der Waals surface area contributed by atoms with Gasteiger partial charge in [0.1, 0.15) is 5.82 Å². The number of rotatable bonds is 4. The summed E-state index contributed by atoms with van der Waals surface area (Å²) in [5.74, 6) is 0.317. The molecular formula is C17H26ClFN2. The van der Waals surface area contributed by atoms with E-state index >= 15 is 0 Å². The molecule has 0 radical (unpaired) electrons. The summed E-state index contributed by atoms with van der Waals surface area (Å²) in [7, 11) is 0. The topological polar surface area (TPSA) is 15.3 Å². The zero-order valence-corrected chi connectivity index (χ0v) is 14.2. The molecule has 1 N–H and O–H groups in total. The first-order valence-electron chi connectivity index (χ1n) is 7.70. The Hall–Kier alpha value is -0.640. The molecule has 1 fully saturated rings. The molecule has 1 aliphatic rings. The average Bonchev–Trinajstić information content (AvgIpc) is 2.36. The molecule has 0 aliphatic carbocycles. The van der Waals surface area contributed by atoms with Crippen molar-refractivity contribution >= 4 is 11.6 Å². The molecule has 1 aromatic rings. The zero-order chi connectivity index (χ0) is 15.6. The molecule has 1 aromatic carbocycles. The molecule has 0 saturated carbocycles. The second-order valence-corrected chi connectivity index (χ2v) is 7.61. The van der Waals surface area contributed by atoms with Crippen LogP contribution < -0.4 is 5.32 Å². The van der Waals surface area contributed by atoms with Crippen LogP contribution in [0.25, 0.3) is 0 Å². The van der Waals surface area contributed by atoms with Crippen LogP contribution in [0.2, 0.25) is 5.02 Å². The summed E-state index contributed by atoms with van der Waals surface area (Å²) in [6.45, 7) is 11.8. The highest BCUT2D eigenvalue weighted by Crippen LogP contribution is 2.24. The van der Waals surface area contributed by atoms with Gasteiger partial charge in [0.15, 0.2) is 0 Å². The minimum Gasteiger partial charge on any atom is -0.309 e. The van der Waals surface area contributed by atoms with E-state index in [1.165, 1.54) is 6.07 Å².